The minimum atomic E-state index is -0.873. The molecule has 0 aliphatic carbocycles. The van der Waals surface area contributed by atoms with Gasteiger partial charge in [-0.3, -0.25) is 9.59 Å². The topological polar surface area (TPSA) is 92.2 Å². The Kier molecular flexibility index (Phi) is 5.29. The van der Waals surface area contributed by atoms with Gasteiger partial charge in [-0.15, -0.1) is 22.0 Å². The number of aromatic nitrogens is 2. The number of carboxylic acid groups (broad SMARTS) is 1. The number of amides is 1. The van der Waals surface area contributed by atoms with Gasteiger partial charge in [-0.1, -0.05) is 29.5 Å². The summed E-state index contributed by atoms with van der Waals surface area (Å²) in [4.78, 5) is 22.5. The van der Waals surface area contributed by atoms with Crippen LogP contribution < -0.4 is 5.32 Å². The number of aryl methyl sites for hydroxylation is 1. The van der Waals surface area contributed by atoms with Crippen molar-refractivity contribution in [3.63, 3.8) is 0 Å². The molecule has 0 saturated carbocycles. The third kappa shape index (κ3) is 4.54. The first-order valence-corrected chi connectivity index (χ1v) is 8.02. The molecule has 0 aliphatic rings. The number of carbonyl (C=O) groups is 2. The molecule has 110 valence electrons. The quantitative estimate of drug-likeness (QED) is 0.848. The molecule has 0 unspecified atom stereocenters. The van der Waals surface area contributed by atoms with E-state index in [-0.39, 0.29) is 16.7 Å². The first kappa shape index (κ1) is 15.5. The molecule has 0 fully saturated rings. The standard InChI is InChI=1S/C13H13N3O3S2/c1-8-4-2-3-5-9(8)14-12(19)13-16-15-10(21-13)6-20-7-11(17)18/h2-5H,6-7H2,1H3,(H,14,19)(H,17,18). The van der Waals surface area contributed by atoms with E-state index in [1.54, 1.807) is 0 Å². The predicted molar refractivity (Wildman–Crippen MR) is 82.8 cm³/mol. The highest BCUT2D eigenvalue weighted by atomic mass is 32.2. The summed E-state index contributed by atoms with van der Waals surface area (Å²) in [5.41, 5.74) is 1.70. The van der Waals surface area contributed by atoms with Gasteiger partial charge in [0, 0.05) is 11.4 Å². The third-order valence-electron chi connectivity index (χ3n) is 2.51. The van der Waals surface area contributed by atoms with Crippen molar-refractivity contribution in [1.29, 1.82) is 0 Å². The van der Waals surface area contributed by atoms with Gasteiger partial charge in [0.15, 0.2) is 0 Å². The van der Waals surface area contributed by atoms with Crippen LogP contribution in [0.2, 0.25) is 0 Å². The predicted octanol–water partition coefficient (Wildman–Crippen LogP) is 2.42. The number of nitrogens with zero attached hydrogens (tertiary/aromatic N) is 2. The Hall–Kier alpha value is -1.93. The Morgan fingerprint density at radius 3 is 2.81 bits per heavy atom. The molecule has 2 aromatic rings. The van der Waals surface area contributed by atoms with Crippen LogP contribution in [0.4, 0.5) is 5.69 Å². The second-order valence-electron chi connectivity index (χ2n) is 4.16. The summed E-state index contributed by atoms with van der Waals surface area (Å²) in [6, 6.07) is 7.46. The van der Waals surface area contributed by atoms with Crippen molar-refractivity contribution in [2.75, 3.05) is 11.1 Å². The minimum Gasteiger partial charge on any atom is -0.481 e. The Morgan fingerprint density at radius 1 is 1.33 bits per heavy atom. The van der Waals surface area contributed by atoms with Crippen molar-refractivity contribution >= 4 is 40.7 Å². The molecule has 0 bridgehead atoms. The molecular weight excluding hydrogens is 310 g/mol. The summed E-state index contributed by atoms with van der Waals surface area (Å²) in [5.74, 6) is -0.746. The number of carbonyl (C=O) groups excluding carboxylic acids is 1. The number of nitrogens with one attached hydrogen (secondary N) is 1. The van der Waals surface area contributed by atoms with Gasteiger partial charge in [0.05, 0.1) is 5.75 Å². The molecule has 0 spiro atoms. The molecule has 1 aromatic carbocycles. The van der Waals surface area contributed by atoms with Crippen molar-refractivity contribution < 1.29 is 14.7 Å². The van der Waals surface area contributed by atoms with Crippen LogP contribution in [-0.2, 0) is 10.5 Å². The lowest BCUT2D eigenvalue weighted by Gasteiger charge is -2.05. The zero-order valence-corrected chi connectivity index (χ0v) is 12.8. The van der Waals surface area contributed by atoms with Gasteiger partial charge < -0.3 is 10.4 Å². The number of carboxylic acids is 1. The van der Waals surface area contributed by atoms with E-state index >= 15 is 0 Å². The molecule has 2 rings (SSSR count). The first-order chi connectivity index (χ1) is 10.1. The molecule has 1 heterocycles. The van der Waals surface area contributed by atoms with E-state index in [4.69, 9.17) is 5.11 Å². The molecule has 0 saturated heterocycles. The Morgan fingerprint density at radius 2 is 2.10 bits per heavy atom. The van der Waals surface area contributed by atoms with E-state index in [1.165, 1.54) is 23.1 Å². The summed E-state index contributed by atoms with van der Waals surface area (Å²) in [6.07, 6.45) is 0. The maximum atomic E-state index is 12.1. The van der Waals surface area contributed by atoms with Crippen molar-refractivity contribution in [1.82, 2.24) is 10.2 Å². The van der Waals surface area contributed by atoms with E-state index in [0.29, 0.717) is 10.8 Å². The summed E-state index contributed by atoms with van der Waals surface area (Å²) < 4.78 is 0. The largest absolute Gasteiger partial charge is 0.481 e. The maximum Gasteiger partial charge on any atom is 0.313 e. The van der Waals surface area contributed by atoms with Crippen molar-refractivity contribution in [3.05, 3.63) is 39.8 Å². The SMILES string of the molecule is Cc1ccccc1NC(=O)c1nnc(CSCC(=O)O)s1. The summed E-state index contributed by atoms with van der Waals surface area (Å²) in [7, 11) is 0. The van der Waals surface area contributed by atoms with E-state index in [1.807, 2.05) is 31.2 Å². The number of rotatable bonds is 6. The van der Waals surface area contributed by atoms with Gasteiger partial charge >= 0.3 is 5.97 Å². The van der Waals surface area contributed by atoms with Gasteiger partial charge in [0.25, 0.3) is 5.91 Å². The monoisotopic (exact) mass is 323 g/mol. The number of benzene rings is 1. The molecule has 1 aromatic heterocycles. The van der Waals surface area contributed by atoms with Gasteiger partial charge in [0.1, 0.15) is 5.01 Å². The molecule has 1 amide bonds. The van der Waals surface area contributed by atoms with Crippen molar-refractivity contribution in [2.24, 2.45) is 0 Å². The smallest absolute Gasteiger partial charge is 0.313 e. The van der Waals surface area contributed by atoms with Crippen LogP contribution >= 0.6 is 23.1 Å². The molecule has 8 heteroatoms. The van der Waals surface area contributed by atoms with Crippen LogP contribution in [0, 0.1) is 6.92 Å². The van der Waals surface area contributed by atoms with E-state index < -0.39 is 5.97 Å². The highest BCUT2D eigenvalue weighted by Gasteiger charge is 2.14. The van der Waals surface area contributed by atoms with Crippen LogP contribution in [0.5, 0.6) is 0 Å². The number of anilines is 1. The lowest BCUT2D eigenvalue weighted by Crippen LogP contribution is -2.12. The first-order valence-electron chi connectivity index (χ1n) is 6.05. The number of hydrogen-bond acceptors (Lipinski definition) is 6. The summed E-state index contributed by atoms with van der Waals surface area (Å²) in [6.45, 7) is 1.91. The minimum absolute atomic E-state index is 0.00429. The maximum absolute atomic E-state index is 12.1. The fourth-order valence-corrected chi connectivity index (χ4v) is 3.04. The molecule has 0 atom stereocenters. The second kappa shape index (κ2) is 7.19. The lowest BCUT2D eigenvalue weighted by atomic mass is 10.2. The molecule has 0 aliphatic heterocycles. The van der Waals surface area contributed by atoms with Crippen LogP contribution in [0.25, 0.3) is 0 Å². The highest BCUT2D eigenvalue weighted by Crippen LogP contribution is 2.19. The molecule has 6 nitrogen and oxygen atoms in total. The van der Waals surface area contributed by atoms with E-state index in [9.17, 15) is 9.59 Å². The third-order valence-corrected chi connectivity index (χ3v) is 4.54. The normalized spacial score (nSPS) is 10.3. The van der Waals surface area contributed by atoms with Gasteiger partial charge in [0.2, 0.25) is 5.01 Å². The van der Waals surface area contributed by atoms with Gasteiger partial charge in [-0.2, -0.15) is 0 Å². The fourth-order valence-electron chi connectivity index (χ4n) is 1.52. The average Bonchev–Trinajstić information content (AvgIpc) is 2.90. The van der Waals surface area contributed by atoms with E-state index in [0.717, 1.165) is 11.3 Å². The zero-order valence-electron chi connectivity index (χ0n) is 11.2. The number of thioether (sulfide) groups is 1. The van der Waals surface area contributed by atoms with Crippen LogP contribution in [0.3, 0.4) is 0 Å². The van der Waals surface area contributed by atoms with E-state index in [2.05, 4.69) is 15.5 Å². The van der Waals surface area contributed by atoms with Crippen LogP contribution in [0.15, 0.2) is 24.3 Å². The van der Waals surface area contributed by atoms with Crippen molar-refractivity contribution in [2.45, 2.75) is 12.7 Å². The highest BCUT2D eigenvalue weighted by molar-refractivity contribution is 7.99. The van der Waals surface area contributed by atoms with Gasteiger partial charge in [-0.25, -0.2) is 0 Å². The molecular formula is C13H13N3O3S2. The molecule has 2 N–H and O–H groups in total. The Balaban J connectivity index is 1.96. The van der Waals surface area contributed by atoms with Gasteiger partial charge in [-0.05, 0) is 18.6 Å². The number of hydrogen-bond donors (Lipinski definition) is 2. The second-order valence-corrected chi connectivity index (χ2v) is 6.20. The van der Waals surface area contributed by atoms with Crippen molar-refractivity contribution in [3.8, 4) is 0 Å². The molecule has 0 radical (unpaired) electrons. The zero-order chi connectivity index (χ0) is 15.2. The molecule has 21 heavy (non-hydrogen) atoms. The number of aliphatic carboxylic acids is 1. The van der Waals surface area contributed by atoms with Crippen LogP contribution in [-0.4, -0.2) is 32.9 Å². The fraction of sp³-hybridized carbons (Fsp3) is 0.231. The Bertz CT molecular complexity index is 658. The van der Waals surface area contributed by atoms with Crippen LogP contribution in [0.1, 0.15) is 20.4 Å². The summed E-state index contributed by atoms with van der Waals surface area (Å²) >= 11 is 2.39. The summed E-state index contributed by atoms with van der Waals surface area (Å²) in [5, 5.41) is 20.0. The lowest BCUT2D eigenvalue weighted by molar-refractivity contribution is -0.133. The number of para-hydroxylation sites is 1. The Labute approximate surface area is 129 Å². The average molecular weight is 323 g/mol.